The molecular weight excluding hydrogens is 283 g/mol. The molecule has 0 aromatic carbocycles. The quantitative estimate of drug-likeness (QED) is 0.848. The topological polar surface area (TPSA) is 59.4 Å². The fourth-order valence-electron chi connectivity index (χ4n) is 0.790. The van der Waals surface area contributed by atoms with Gasteiger partial charge in [-0.05, 0) is 22.0 Å². The molecule has 1 aromatic rings. The summed E-state index contributed by atoms with van der Waals surface area (Å²) in [5.74, 6) is -2.38. The zero-order valence-corrected chi connectivity index (χ0v) is 8.46. The van der Waals surface area contributed by atoms with Gasteiger partial charge in [-0.1, -0.05) is 0 Å². The van der Waals surface area contributed by atoms with Crippen molar-refractivity contribution in [3.63, 3.8) is 0 Å². The highest BCUT2D eigenvalue weighted by Gasteiger charge is 2.33. The van der Waals surface area contributed by atoms with Gasteiger partial charge in [-0.25, -0.2) is 9.78 Å². The summed E-state index contributed by atoms with van der Waals surface area (Å²) in [5, 5.41) is 8.59. The number of ether oxygens (including phenoxy) is 1. The van der Waals surface area contributed by atoms with Crippen LogP contribution in [0.2, 0.25) is 0 Å². The Morgan fingerprint density at radius 2 is 2.13 bits per heavy atom. The molecule has 15 heavy (non-hydrogen) atoms. The van der Waals surface area contributed by atoms with Gasteiger partial charge in [0.25, 0.3) is 0 Å². The number of rotatable bonds is 2. The van der Waals surface area contributed by atoms with Gasteiger partial charge in [-0.3, -0.25) is 0 Å². The SMILES string of the molecule is O=C(O)c1cc(Br)ncc1OC(F)(F)F. The first-order valence-electron chi connectivity index (χ1n) is 3.44. The van der Waals surface area contributed by atoms with E-state index in [2.05, 4.69) is 25.7 Å². The predicted octanol–water partition coefficient (Wildman–Crippen LogP) is 2.44. The number of carbonyl (C=O) groups is 1. The molecule has 0 fully saturated rings. The number of alkyl halides is 3. The van der Waals surface area contributed by atoms with Gasteiger partial charge in [-0.2, -0.15) is 0 Å². The van der Waals surface area contributed by atoms with Gasteiger partial charge in [0.05, 0.1) is 6.20 Å². The molecule has 0 radical (unpaired) electrons. The van der Waals surface area contributed by atoms with Crippen LogP contribution in [-0.2, 0) is 0 Å². The van der Waals surface area contributed by atoms with Crippen LogP contribution in [0.4, 0.5) is 13.2 Å². The van der Waals surface area contributed by atoms with Gasteiger partial charge in [0.1, 0.15) is 10.2 Å². The highest BCUT2D eigenvalue weighted by molar-refractivity contribution is 9.10. The molecule has 0 aliphatic rings. The Morgan fingerprint density at radius 1 is 1.53 bits per heavy atom. The number of pyridine rings is 1. The summed E-state index contributed by atoms with van der Waals surface area (Å²) < 4.78 is 39.1. The second-order valence-corrected chi connectivity index (χ2v) is 3.17. The maximum Gasteiger partial charge on any atom is 0.573 e. The monoisotopic (exact) mass is 285 g/mol. The number of carboxylic acids is 1. The molecular formula is C7H3BrF3NO3. The van der Waals surface area contributed by atoms with Crippen molar-refractivity contribution in [2.24, 2.45) is 0 Å². The molecule has 0 unspecified atom stereocenters. The molecule has 0 atom stereocenters. The third-order valence-corrected chi connectivity index (χ3v) is 1.72. The maximum absolute atomic E-state index is 11.8. The Kier molecular flexibility index (Phi) is 3.18. The highest BCUT2D eigenvalue weighted by atomic mass is 79.9. The van der Waals surface area contributed by atoms with E-state index < -0.39 is 23.6 Å². The zero-order valence-electron chi connectivity index (χ0n) is 6.88. The van der Waals surface area contributed by atoms with Crippen LogP contribution >= 0.6 is 15.9 Å². The van der Waals surface area contributed by atoms with E-state index in [1.807, 2.05) is 0 Å². The van der Waals surface area contributed by atoms with E-state index in [9.17, 15) is 18.0 Å². The standard InChI is InChI=1S/C7H3BrF3NO3/c8-5-1-3(6(13)14)4(2-12-5)15-7(9,10)11/h1-2H,(H,13,14). The Balaban J connectivity index is 3.12. The minimum Gasteiger partial charge on any atom is -0.478 e. The molecule has 0 saturated heterocycles. The number of carboxylic acid groups (broad SMARTS) is 1. The van der Waals surface area contributed by atoms with Crippen molar-refractivity contribution in [1.29, 1.82) is 0 Å². The van der Waals surface area contributed by atoms with Crippen LogP contribution in [0.1, 0.15) is 10.4 Å². The second kappa shape index (κ2) is 4.05. The van der Waals surface area contributed by atoms with Gasteiger partial charge in [-0.15, -0.1) is 13.2 Å². The Hall–Kier alpha value is -1.31. The van der Waals surface area contributed by atoms with Crippen LogP contribution in [0.3, 0.4) is 0 Å². The van der Waals surface area contributed by atoms with Crippen molar-refractivity contribution in [3.8, 4) is 5.75 Å². The number of hydrogen-bond donors (Lipinski definition) is 1. The summed E-state index contributed by atoms with van der Waals surface area (Å²) in [5.41, 5.74) is -0.616. The molecule has 1 aromatic heterocycles. The van der Waals surface area contributed by atoms with Crippen molar-refractivity contribution in [1.82, 2.24) is 4.98 Å². The maximum atomic E-state index is 11.8. The molecule has 1 rings (SSSR count). The second-order valence-electron chi connectivity index (χ2n) is 2.36. The fraction of sp³-hybridized carbons (Fsp3) is 0.143. The van der Waals surface area contributed by atoms with E-state index in [1.165, 1.54) is 0 Å². The van der Waals surface area contributed by atoms with Crippen LogP contribution in [0, 0.1) is 0 Å². The first kappa shape index (κ1) is 11.8. The lowest BCUT2D eigenvalue weighted by Gasteiger charge is -2.10. The predicted molar refractivity (Wildman–Crippen MR) is 45.6 cm³/mol. The lowest BCUT2D eigenvalue weighted by Crippen LogP contribution is -2.19. The van der Waals surface area contributed by atoms with Gasteiger partial charge in [0.15, 0.2) is 5.75 Å². The first-order valence-corrected chi connectivity index (χ1v) is 4.23. The Morgan fingerprint density at radius 3 is 2.60 bits per heavy atom. The molecule has 0 bridgehead atoms. The molecule has 0 saturated carbocycles. The van der Waals surface area contributed by atoms with E-state index in [1.54, 1.807) is 0 Å². The van der Waals surface area contributed by atoms with E-state index in [0.717, 1.165) is 6.07 Å². The average molecular weight is 286 g/mol. The van der Waals surface area contributed by atoms with Crippen molar-refractivity contribution < 1.29 is 27.8 Å². The van der Waals surface area contributed by atoms with Gasteiger partial charge in [0, 0.05) is 0 Å². The van der Waals surface area contributed by atoms with Gasteiger partial charge in [0.2, 0.25) is 0 Å². The summed E-state index contributed by atoms with van der Waals surface area (Å²) in [4.78, 5) is 14.0. The highest BCUT2D eigenvalue weighted by Crippen LogP contribution is 2.27. The average Bonchev–Trinajstić information content (AvgIpc) is 2.05. The van der Waals surface area contributed by atoms with Crippen molar-refractivity contribution in [2.45, 2.75) is 6.36 Å². The summed E-state index contributed by atoms with van der Waals surface area (Å²) >= 11 is 2.83. The smallest absolute Gasteiger partial charge is 0.478 e. The molecule has 0 aliphatic carbocycles. The normalized spacial score (nSPS) is 11.2. The van der Waals surface area contributed by atoms with E-state index in [4.69, 9.17) is 5.11 Å². The third kappa shape index (κ3) is 3.39. The molecule has 82 valence electrons. The molecule has 1 heterocycles. The molecule has 0 amide bonds. The molecule has 0 aliphatic heterocycles. The van der Waals surface area contributed by atoms with Crippen molar-refractivity contribution >= 4 is 21.9 Å². The van der Waals surface area contributed by atoms with E-state index in [-0.39, 0.29) is 4.60 Å². The minimum atomic E-state index is -4.94. The lowest BCUT2D eigenvalue weighted by atomic mass is 10.2. The van der Waals surface area contributed by atoms with Crippen LogP contribution in [0.15, 0.2) is 16.9 Å². The molecule has 4 nitrogen and oxygen atoms in total. The number of hydrogen-bond acceptors (Lipinski definition) is 3. The van der Waals surface area contributed by atoms with Crippen LogP contribution in [-0.4, -0.2) is 22.4 Å². The molecule has 8 heteroatoms. The van der Waals surface area contributed by atoms with Crippen molar-refractivity contribution in [3.05, 3.63) is 22.4 Å². The van der Waals surface area contributed by atoms with Crippen molar-refractivity contribution in [2.75, 3.05) is 0 Å². The largest absolute Gasteiger partial charge is 0.573 e. The summed E-state index contributed by atoms with van der Waals surface area (Å²) in [6.45, 7) is 0. The van der Waals surface area contributed by atoms with Crippen LogP contribution in [0.25, 0.3) is 0 Å². The molecule has 0 spiro atoms. The Labute approximate surface area is 89.8 Å². The minimum absolute atomic E-state index is 0.106. The number of aromatic carboxylic acids is 1. The first-order chi connectivity index (χ1) is 6.79. The Bertz CT molecular complexity index is 394. The zero-order chi connectivity index (χ0) is 11.6. The number of nitrogens with zero attached hydrogens (tertiary/aromatic N) is 1. The summed E-state index contributed by atoms with van der Waals surface area (Å²) in [6.07, 6.45) is -4.26. The number of halogens is 4. The molecule has 1 N–H and O–H groups in total. The summed E-state index contributed by atoms with van der Waals surface area (Å²) in [7, 11) is 0. The number of aromatic nitrogens is 1. The van der Waals surface area contributed by atoms with Gasteiger partial charge < -0.3 is 9.84 Å². The van der Waals surface area contributed by atoms with Crippen LogP contribution in [0.5, 0.6) is 5.75 Å². The summed E-state index contributed by atoms with van der Waals surface area (Å²) in [6, 6.07) is 0.920. The van der Waals surface area contributed by atoms with Gasteiger partial charge >= 0.3 is 12.3 Å². The van der Waals surface area contributed by atoms with E-state index >= 15 is 0 Å². The van der Waals surface area contributed by atoms with E-state index in [0.29, 0.717) is 6.20 Å². The third-order valence-electron chi connectivity index (χ3n) is 1.29. The van der Waals surface area contributed by atoms with Crippen LogP contribution < -0.4 is 4.74 Å². The fourth-order valence-corrected chi connectivity index (χ4v) is 1.12. The lowest BCUT2D eigenvalue weighted by molar-refractivity contribution is -0.274.